The minimum Gasteiger partial charge on any atom is -0.494 e. The number of amides is 1. The van der Waals surface area contributed by atoms with Gasteiger partial charge in [-0.05, 0) is 77.8 Å². The number of hydrogen-bond acceptors (Lipinski definition) is 3. The van der Waals surface area contributed by atoms with Crippen LogP contribution in [0.2, 0.25) is 0 Å². The lowest BCUT2D eigenvalue weighted by molar-refractivity contribution is -0.121. The Morgan fingerprint density at radius 3 is 2.77 bits per heavy atom. The summed E-state index contributed by atoms with van der Waals surface area (Å²) < 4.78 is 5.66. The number of nitrogens with zero attached hydrogens (tertiary/aromatic N) is 2. The zero-order valence-electron chi connectivity index (χ0n) is 16.8. The SMILES string of the molecule is CCOc1ccc2c(c1)C(C)=CC(C)(C)N2C(=O)CN1CCCCC1C. The topological polar surface area (TPSA) is 32.8 Å². The van der Waals surface area contributed by atoms with Gasteiger partial charge in [0.05, 0.1) is 24.4 Å². The van der Waals surface area contributed by atoms with E-state index in [1.807, 2.05) is 24.0 Å². The van der Waals surface area contributed by atoms with Crippen molar-refractivity contribution in [3.05, 3.63) is 29.8 Å². The van der Waals surface area contributed by atoms with Gasteiger partial charge in [0.15, 0.2) is 0 Å². The van der Waals surface area contributed by atoms with Gasteiger partial charge in [0, 0.05) is 11.6 Å². The molecular weight excluding hydrogens is 324 g/mol. The lowest BCUT2D eigenvalue weighted by Gasteiger charge is -2.43. The first kappa shape index (κ1) is 19.0. The van der Waals surface area contributed by atoms with E-state index in [1.165, 1.54) is 24.8 Å². The largest absolute Gasteiger partial charge is 0.494 e. The molecule has 2 aliphatic rings. The number of likely N-dealkylation sites (tertiary alicyclic amines) is 1. The predicted octanol–water partition coefficient (Wildman–Crippen LogP) is 4.49. The summed E-state index contributed by atoms with van der Waals surface area (Å²) in [6, 6.07) is 6.55. The lowest BCUT2D eigenvalue weighted by atomic mass is 9.88. The Bertz CT molecular complexity index is 708. The van der Waals surface area contributed by atoms with Gasteiger partial charge >= 0.3 is 0 Å². The lowest BCUT2D eigenvalue weighted by Crippen LogP contribution is -2.53. The third kappa shape index (κ3) is 3.66. The maximum Gasteiger partial charge on any atom is 0.241 e. The van der Waals surface area contributed by atoms with E-state index < -0.39 is 0 Å². The Morgan fingerprint density at radius 2 is 2.08 bits per heavy atom. The van der Waals surface area contributed by atoms with Crippen molar-refractivity contribution < 1.29 is 9.53 Å². The van der Waals surface area contributed by atoms with E-state index in [4.69, 9.17) is 4.74 Å². The zero-order valence-corrected chi connectivity index (χ0v) is 16.8. The van der Waals surface area contributed by atoms with E-state index >= 15 is 0 Å². The molecule has 2 heterocycles. The van der Waals surface area contributed by atoms with Crippen LogP contribution < -0.4 is 9.64 Å². The Balaban J connectivity index is 1.91. The Labute approximate surface area is 157 Å². The average Bonchev–Trinajstić information content (AvgIpc) is 2.57. The van der Waals surface area contributed by atoms with Gasteiger partial charge in [0.2, 0.25) is 5.91 Å². The number of ether oxygens (including phenoxy) is 1. The molecule has 0 bridgehead atoms. The van der Waals surface area contributed by atoms with Crippen molar-refractivity contribution in [3.63, 3.8) is 0 Å². The van der Waals surface area contributed by atoms with E-state index in [9.17, 15) is 4.79 Å². The van der Waals surface area contributed by atoms with Crippen molar-refractivity contribution in [2.75, 3.05) is 24.6 Å². The summed E-state index contributed by atoms with van der Waals surface area (Å²) in [6.07, 6.45) is 5.84. The number of anilines is 1. The van der Waals surface area contributed by atoms with Gasteiger partial charge in [-0.25, -0.2) is 0 Å². The van der Waals surface area contributed by atoms with Gasteiger partial charge in [-0.3, -0.25) is 9.69 Å². The van der Waals surface area contributed by atoms with Gasteiger partial charge in [-0.2, -0.15) is 0 Å². The van der Waals surface area contributed by atoms with Crippen LogP contribution in [0.3, 0.4) is 0 Å². The molecule has 0 N–H and O–H groups in total. The number of benzene rings is 1. The van der Waals surface area contributed by atoms with E-state index in [2.05, 4.69) is 44.7 Å². The normalized spacial score (nSPS) is 22.6. The smallest absolute Gasteiger partial charge is 0.241 e. The van der Waals surface area contributed by atoms with Crippen LogP contribution in [0.1, 0.15) is 59.4 Å². The predicted molar refractivity (Wildman–Crippen MR) is 108 cm³/mol. The van der Waals surface area contributed by atoms with Crippen molar-refractivity contribution >= 4 is 17.2 Å². The molecule has 0 aromatic heterocycles. The maximum absolute atomic E-state index is 13.3. The fraction of sp³-hybridized carbons (Fsp3) is 0.591. The van der Waals surface area contributed by atoms with Gasteiger partial charge < -0.3 is 9.64 Å². The van der Waals surface area contributed by atoms with Gasteiger partial charge in [0.1, 0.15) is 5.75 Å². The second-order valence-electron chi connectivity index (χ2n) is 8.14. The van der Waals surface area contributed by atoms with Crippen LogP contribution in [0.15, 0.2) is 24.3 Å². The highest BCUT2D eigenvalue weighted by atomic mass is 16.5. The molecule has 4 nitrogen and oxygen atoms in total. The molecule has 1 aromatic carbocycles. The van der Waals surface area contributed by atoms with Crippen LogP contribution in [0.25, 0.3) is 5.57 Å². The van der Waals surface area contributed by atoms with E-state index in [0.717, 1.165) is 23.5 Å². The summed E-state index contributed by atoms with van der Waals surface area (Å²) in [5.74, 6) is 1.04. The van der Waals surface area contributed by atoms with Crippen molar-refractivity contribution in [3.8, 4) is 5.75 Å². The molecular formula is C22H32N2O2. The first-order chi connectivity index (χ1) is 12.3. The minimum absolute atomic E-state index is 0.179. The molecule has 2 aliphatic heterocycles. The van der Waals surface area contributed by atoms with E-state index in [1.54, 1.807) is 0 Å². The molecule has 4 heteroatoms. The average molecular weight is 357 g/mol. The third-order valence-electron chi connectivity index (χ3n) is 5.62. The standard InChI is InChI=1S/C22H32N2O2/c1-6-26-18-10-11-20-19(13-18)16(2)14-22(4,5)24(20)21(25)15-23-12-8-7-9-17(23)3/h10-11,13-14,17H,6-9,12,15H2,1-5H3. The number of carbonyl (C=O) groups is 1. The molecule has 142 valence electrons. The number of carbonyl (C=O) groups excluding carboxylic acids is 1. The highest BCUT2D eigenvalue weighted by molar-refractivity contribution is 6.01. The number of rotatable bonds is 4. The van der Waals surface area contributed by atoms with Crippen LogP contribution >= 0.6 is 0 Å². The van der Waals surface area contributed by atoms with Gasteiger partial charge in [0.25, 0.3) is 0 Å². The second-order valence-corrected chi connectivity index (χ2v) is 8.14. The van der Waals surface area contributed by atoms with Crippen LogP contribution in [-0.2, 0) is 4.79 Å². The van der Waals surface area contributed by atoms with Crippen LogP contribution in [0, 0.1) is 0 Å². The van der Waals surface area contributed by atoms with E-state index in [0.29, 0.717) is 19.2 Å². The molecule has 26 heavy (non-hydrogen) atoms. The molecule has 0 radical (unpaired) electrons. The maximum atomic E-state index is 13.3. The van der Waals surface area contributed by atoms with Crippen LogP contribution in [0.5, 0.6) is 5.75 Å². The summed E-state index contributed by atoms with van der Waals surface area (Å²) in [5, 5.41) is 0. The molecule has 1 fully saturated rings. The number of allylic oxidation sites excluding steroid dienone is 1. The van der Waals surface area contributed by atoms with Crippen LogP contribution in [0.4, 0.5) is 5.69 Å². The number of hydrogen-bond donors (Lipinski definition) is 0. The van der Waals surface area contributed by atoms with Crippen molar-refractivity contribution in [1.82, 2.24) is 4.90 Å². The molecule has 1 amide bonds. The summed E-state index contributed by atoms with van der Waals surface area (Å²) in [5.41, 5.74) is 2.95. The number of fused-ring (bicyclic) bond motifs is 1. The summed E-state index contributed by atoms with van der Waals surface area (Å²) in [7, 11) is 0. The summed E-state index contributed by atoms with van der Waals surface area (Å²) in [6.45, 7) is 12.7. The molecule has 1 saturated heterocycles. The number of piperidine rings is 1. The molecule has 1 aromatic rings. The first-order valence-electron chi connectivity index (χ1n) is 9.87. The van der Waals surface area contributed by atoms with Gasteiger partial charge in [-0.15, -0.1) is 0 Å². The first-order valence-corrected chi connectivity index (χ1v) is 9.87. The van der Waals surface area contributed by atoms with Crippen molar-refractivity contribution in [1.29, 1.82) is 0 Å². The van der Waals surface area contributed by atoms with Crippen LogP contribution in [-0.4, -0.2) is 42.1 Å². The highest BCUT2D eigenvalue weighted by Gasteiger charge is 2.37. The third-order valence-corrected chi connectivity index (χ3v) is 5.62. The monoisotopic (exact) mass is 356 g/mol. The molecule has 1 atom stereocenters. The molecule has 0 saturated carbocycles. The zero-order chi connectivity index (χ0) is 18.9. The molecule has 0 spiro atoms. The Hall–Kier alpha value is -1.81. The van der Waals surface area contributed by atoms with Gasteiger partial charge in [-0.1, -0.05) is 12.5 Å². The van der Waals surface area contributed by atoms with Crippen molar-refractivity contribution in [2.24, 2.45) is 0 Å². The Kier molecular flexibility index (Phi) is 5.42. The second kappa shape index (κ2) is 7.43. The minimum atomic E-state index is -0.333. The Morgan fingerprint density at radius 1 is 1.31 bits per heavy atom. The molecule has 1 unspecified atom stereocenters. The summed E-state index contributed by atoms with van der Waals surface area (Å²) >= 11 is 0. The molecule has 0 aliphatic carbocycles. The summed E-state index contributed by atoms with van der Waals surface area (Å²) in [4.78, 5) is 17.6. The fourth-order valence-corrected chi connectivity index (χ4v) is 4.36. The quantitative estimate of drug-likeness (QED) is 0.797. The van der Waals surface area contributed by atoms with Crippen molar-refractivity contribution in [2.45, 2.75) is 65.5 Å². The fourth-order valence-electron chi connectivity index (χ4n) is 4.36. The molecule has 3 rings (SSSR count). The van der Waals surface area contributed by atoms with E-state index in [-0.39, 0.29) is 11.4 Å². The highest BCUT2D eigenvalue weighted by Crippen LogP contribution is 2.40.